The number of fused-ring (bicyclic) bond motifs is 2. The van der Waals surface area contributed by atoms with E-state index in [2.05, 4.69) is 30.1 Å². The lowest BCUT2D eigenvalue weighted by Gasteiger charge is -2.04. The molecule has 0 aliphatic heterocycles. The molecule has 0 bridgehead atoms. The Bertz CT molecular complexity index is 1210. The maximum absolute atomic E-state index is 5.25. The van der Waals surface area contributed by atoms with Gasteiger partial charge in [0.25, 0.3) is 0 Å². The topological polar surface area (TPSA) is 92.4 Å². The number of rotatable bonds is 3. The molecule has 5 aromatic heterocycles. The summed E-state index contributed by atoms with van der Waals surface area (Å²) in [6.07, 6.45) is 6.99. The van der Waals surface area contributed by atoms with Crippen molar-refractivity contribution in [1.29, 1.82) is 0 Å². The molecule has 0 aromatic carbocycles. The van der Waals surface area contributed by atoms with Crippen LogP contribution in [-0.2, 0) is 0 Å². The number of methoxy groups -OCH3 is 1. The molecule has 0 spiro atoms. The van der Waals surface area contributed by atoms with E-state index in [1.54, 1.807) is 31.9 Å². The van der Waals surface area contributed by atoms with Crippen LogP contribution in [0.25, 0.3) is 44.6 Å². The summed E-state index contributed by atoms with van der Waals surface area (Å²) in [4.78, 5) is 16.5. The first-order chi connectivity index (χ1) is 12.8. The molecule has 5 heterocycles. The van der Waals surface area contributed by atoms with Crippen LogP contribution in [0.4, 0.5) is 0 Å². The molecule has 5 aromatic rings. The standard InChI is InChI=1S/C19H14N6O/c1-26-12-5-11(8-20-9-12)15-6-13-18(10-22-15)24-25-19(13)17-7-16-14(23-17)3-2-4-21-16/h2-10,23H,1H3,(H,24,25). The molecule has 0 radical (unpaired) electrons. The maximum Gasteiger partial charge on any atom is 0.137 e. The Balaban J connectivity index is 1.67. The first kappa shape index (κ1) is 14.6. The Kier molecular flexibility index (Phi) is 3.18. The number of pyridine rings is 3. The second kappa shape index (κ2) is 5.66. The number of nitrogens with zero attached hydrogens (tertiary/aromatic N) is 4. The summed E-state index contributed by atoms with van der Waals surface area (Å²) in [5.74, 6) is 0.693. The highest BCUT2D eigenvalue weighted by atomic mass is 16.5. The molecule has 0 atom stereocenters. The van der Waals surface area contributed by atoms with Crippen molar-refractivity contribution in [1.82, 2.24) is 30.1 Å². The first-order valence-electron chi connectivity index (χ1n) is 8.09. The zero-order valence-electron chi connectivity index (χ0n) is 13.9. The van der Waals surface area contributed by atoms with Crippen LogP contribution in [0.15, 0.2) is 55.1 Å². The molecule has 0 aliphatic carbocycles. The summed E-state index contributed by atoms with van der Waals surface area (Å²) in [6.45, 7) is 0. The predicted octanol–water partition coefficient (Wildman–Crippen LogP) is 3.57. The van der Waals surface area contributed by atoms with Crippen molar-refractivity contribution in [2.24, 2.45) is 0 Å². The minimum atomic E-state index is 0.693. The minimum absolute atomic E-state index is 0.693. The summed E-state index contributed by atoms with van der Waals surface area (Å²) in [5, 5.41) is 8.48. The number of aromatic nitrogens is 6. The highest BCUT2D eigenvalue weighted by molar-refractivity contribution is 5.96. The van der Waals surface area contributed by atoms with Gasteiger partial charge in [0, 0.05) is 23.3 Å². The van der Waals surface area contributed by atoms with Crippen molar-refractivity contribution in [3.05, 3.63) is 55.1 Å². The number of nitrogens with one attached hydrogen (secondary N) is 2. The molecule has 0 aliphatic rings. The van der Waals surface area contributed by atoms with Crippen molar-refractivity contribution < 1.29 is 4.74 Å². The van der Waals surface area contributed by atoms with Crippen LogP contribution in [0.1, 0.15) is 0 Å². The third-order valence-electron chi connectivity index (χ3n) is 4.34. The Morgan fingerprint density at radius 2 is 1.96 bits per heavy atom. The molecular formula is C19H14N6O. The van der Waals surface area contributed by atoms with Gasteiger partial charge in [0.15, 0.2) is 0 Å². The van der Waals surface area contributed by atoms with Gasteiger partial charge in [-0.05, 0) is 30.3 Å². The van der Waals surface area contributed by atoms with E-state index in [0.717, 1.165) is 44.6 Å². The largest absolute Gasteiger partial charge is 0.495 e. The quantitative estimate of drug-likeness (QED) is 0.523. The van der Waals surface area contributed by atoms with Gasteiger partial charge in [0.1, 0.15) is 11.4 Å². The average Bonchev–Trinajstić information content (AvgIpc) is 3.31. The Morgan fingerprint density at radius 3 is 2.85 bits per heavy atom. The molecule has 126 valence electrons. The number of ether oxygens (including phenoxy) is 1. The molecule has 0 unspecified atom stereocenters. The van der Waals surface area contributed by atoms with Crippen LogP contribution in [0, 0.1) is 0 Å². The highest BCUT2D eigenvalue weighted by Crippen LogP contribution is 2.30. The molecule has 7 heteroatoms. The highest BCUT2D eigenvalue weighted by Gasteiger charge is 2.13. The molecular weight excluding hydrogens is 328 g/mol. The number of H-pyrrole nitrogens is 2. The van der Waals surface area contributed by atoms with Crippen LogP contribution < -0.4 is 4.74 Å². The second-order valence-electron chi connectivity index (χ2n) is 5.92. The number of hydrogen-bond donors (Lipinski definition) is 2. The second-order valence-corrected chi connectivity index (χ2v) is 5.92. The Labute approximate surface area is 148 Å². The average molecular weight is 342 g/mol. The fourth-order valence-electron chi connectivity index (χ4n) is 3.03. The van der Waals surface area contributed by atoms with Gasteiger partial charge in [0.05, 0.1) is 47.4 Å². The summed E-state index contributed by atoms with van der Waals surface area (Å²) in [5.41, 5.74) is 6.18. The maximum atomic E-state index is 5.25. The predicted molar refractivity (Wildman–Crippen MR) is 98.8 cm³/mol. The van der Waals surface area contributed by atoms with Crippen molar-refractivity contribution in [2.45, 2.75) is 0 Å². The van der Waals surface area contributed by atoms with Crippen molar-refractivity contribution >= 4 is 21.9 Å². The van der Waals surface area contributed by atoms with Gasteiger partial charge in [-0.25, -0.2) is 0 Å². The molecule has 2 N–H and O–H groups in total. The zero-order valence-corrected chi connectivity index (χ0v) is 13.9. The molecule has 5 rings (SSSR count). The van der Waals surface area contributed by atoms with E-state index < -0.39 is 0 Å². The minimum Gasteiger partial charge on any atom is -0.495 e. The summed E-state index contributed by atoms with van der Waals surface area (Å²) in [6, 6.07) is 9.81. The zero-order chi connectivity index (χ0) is 17.5. The first-order valence-corrected chi connectivity index (χ1v) is 8.09. The van der Waals surface area contributed by atoms with Crippen LogP contribution in [0.3, 0.4) is 0 Å². The third-order valence-corrected chi connectivity index (χ3v) is 4.34. The molecule has 0 saturated carbocycles. The van der Waals surface area contributed by atoms with E-state index >= 15 is 0 Å². The Hall–Kier alpha value is -3.74. The van der Waals surface area contributed by atoms with Crippen LogP contribution in [-0.4, -0.2) is 37.2 Å². The van der Waals surface area contributed by atoms with Gasteiger partial charge in [-0.3, -0.25) is 20.1 Å². The van der Waals surface area contributed by atoms with E-state index in [1.807, 2.05) is 30.3 Å². The van der Waals surface area contributed by atoms with Gasteiger partial charge in [-0.1, -0.05) is 0 Å². The van der Waals surface area contributed by atoms with Crippen LogP contribution in [0.2, 0.25) is 0 Å². The lowest BCUT2D eigenvalue weighted by molar-refractivity contribution is 0.413. The van der Waals surface area contributed by atoms with E-state index in [0.29, 0.717) is 5.75 Å². The van der Waals surface area contributed by atoms with E-state index in [4.69, 9.17) is 4.74 Å². The monoisotopic (exact) mass is 342 g/mol. The van der Waals surface area contributed by atoms with Crippen molar-refractivity contribution in [3.8, 4) is 28.4 Å². The summed E-state index contributed by atoms with van der Waals surface area (Å²) >= 11 is 0. The molecule has 0 fully saturated rings. The molecule has 7 nitrogen and oxygen atoms in total. The number of aromatic amines is 2. The summed E-state index contributed by atoms with van der Waals surface area (Å²) < 4.78 is 5.25. The van der Waals surface area contributed by atoms with E-state index in [9.17, 15) is 0 Å². The normalized spacial score (nSPS) is 11.3. The van der Waals surface area contributed by atoms with E-state index in [-0.39, 0.29) is 0 Å². The van der Waals surface area contributed by atoms with Gasteiger partial charge < -0.3 is 9.72 Å². The number of hydrogen-bond acceptors (Lipinski definition) is 5. The lowest BCUT2D eigenvalue weighted by Crippen LogP contribution is -1.88. The fourth-order valence-corrected chi connectivity index (χ4v) is 3.03. The smallest absolute Gasteiger partial charge is 0.137 e. The summed E-state index contributed by atoms with van der Waals surface area (Å²) in [7, 11) is 1.62. The molecule has 0 amide bonds. The van der Waals surface area contributed by atoms with Crippen LogP contribution >= 0.6 is 0 Å². The molecule has 26 heavy (non-hydrogen) atoms. The molecule has 0 saturated heterocycles. The van der Waals surface area contributed by atoms with Crippen molar-refractivity contribution in [2.75, 3.05) is 7.11 Å². The fraction of sp³-hybridized carbons (Fsp3) is 0.0526. The lowest BCUT2D eigenvalue weighted by atomic mass is 10.1. The van der Waals surface area contributed by atoms with Gasteiger partial charge in [-0.15, -0.1) is 0 Å². The Morgan fingerprint density at radius 1 is 1.00 bits per heavy atom. The SMILES string of the molecule is COc1cncc(-c2cc3c(-c4cc5ncccc5[nH]4)n[nH]c3cn2)c1. The van der Waals surface area contributed by atoms with Gasteiger partial charge in [0.2, 0.25) is 0 Å². The third kappa shape index (κ3) is 2.29. The van der Waals surface area contributed by atoms with Crippen LogP contribution in [0.5, 0.6) is 5.75 Å². The van der Waals surface area contributed by atoms with E-state index in [1.165, 1.54) is 0 Å². The van der Waals surface area contributed by atoms with Crippen molar-refractivity contribution in [3.63, 3.8) is 0 Å². The van der Waals surface area contributed by atoms with Gasteiger partial charge >= 0.3 is 0 Å². The van der Waals surface area contributed by atoms with Gasteiger partial charge in [-0.2, -0.15) is 5.10 Å².